The summed E-state index contributed by atoms with van der Waals surface area (Å²) in [7, 11) is 0. The molecule has 0 aromatic heterocycles. The van der Waals surface area contributed by atoms with E-state index in [4.69, 9.17) is 0 Å². The summed E-state index contributed by atoms with van der Waals surface area (Å²) in [5.74, 6) is 0. The maximum absolute atomic E-state index is 3.85. The molecule has 0 amide bonds. The van der Waals surface area contributed by atoms with Crippen molar-refractivity contribution in [3.63, 3.8) is 0 Å². The van der Waals surface area contributed by atoms with Crippen LogP contribution >= 0.6 is 42.0 Å². The second kappa shape index (κ2) is 16.2. The van der Waals surface area contributed by atoms with Crippen LogP contribution in [0.25, 0.3) is 0 Å². The summed E-state index contributed by atoms with van der Waals surface area (Å²) in [6.45, 7) is 2.37. The minimum absolute atomic E-state index is 0. The molecule has 7 aromatic rings. The molecule has 0 aliphatic rings. The topological polar surface area (TPSA) is 0 Å². The number of benzene rings is 7. The first-order valence-electron chi connectivity index (χ1n) is 17.6. The minimum atomic E-state index is -3.85. The van der Waals surface area contributed by atoms with Crippen molar-refractivity contribution in [1.82, 2.24) is 0 Å². The molecule has 0 saturated heterocycles. The van der Waals surface area contributed by atoms with E-state index < -0.39 is 12.6 Å². The fourth-order valence-corrected chi connectivity index (χ4v) is 37.8. The molecule has 0 nitrogen and oxygen atoms in total. The Morgan fingerprint density at radius 3 is 0.824 bits per heavy atom. The Morgan fingerprint density at radius 1 is 0.333 bits per heavy atom. The van der Waals surface area contributed by atoms with Crippen LogP contribution in [0.4, 0.5) is 0 Å². The largest absolute Gasteiger partial charge is 0.147 e. The van der Waals surface area contributed by atoms with Gasteiger partial charge >= 0.3 is 294 Å². The van der Waals surface area contributed by atoms with Crippen LogP contribution in [0.3, 0.4) is 0 Å². The van der Waals surface area contributed by atoms with Crippen molar-refractivity contribution in [2.75, 3.05) is 6.16 Å². The third kappa shape index (κ3) is 5.48. The third-order valence-corrected chi connectivity index (χ3v) is 34.7. The van der Waals surface area contributed by atoms with Gasteiger partial charge in [0.25, 0.3) is 0 Å². The van der Waals surface area contributed by atoms with E-state index in [-0.39, 0.29) is 29.4 Å². The van der Waals surface area contributed by atoms with E-state index in [1.54, 1.807) is 0 Å². The molecule has 0 fully saturated rings. The zero-order chi connectivity index (χ0) is 33.5. The van der Waals surface area contributed by atoms with Gasteiger partial charge in [-0.3, -0.25) is 0 Å². The molecule has 7 rings (SSSR count). The van der Waals surface area contributed by atoms with E-state index in [2.05, 4.69) is 219 Å². The van der Waals surface area contributed by atoms with E-state index in [1.807, 2.05) is 0 Å². The molecule has 4 heteroatoms. The molecular weight excluding hydrogens is 742 g/mol. The molecule has 0 bridgehead atoms. The molecule has 260 valence electrons. The predicted octanol–water partition coefficient (Wildman–Crippen LogP) is 11.0. The van der Waals surface area contributed by atoms with Gasteiger partial charge in [0.05, 0.1) is 0 Å². The normalized spacial score (nSPS) is 12.9. The van der Waals surface area contributed by atoms with Crippen LogP contribution in [0.2, 0.25) is 0 Å². The average Bonchev–Trinajstić information content (AvgIpc) is 3.20. The first-order chi connectivity index (χ1) is 24.2. The standard InChI is InChI=1S/C47H46P2.BrH.ClH/c1-2-3-39-48(42-27-13-5-14-28-42,43-29-15-6-16-30-43,44-31-17-7-18-32-44)49(45-33-19-8-20-34-45,46-35-21-9-22-36-46,47-37-23-10-24-38-47)40-41-25-11-4-12-26-41;;/h4-38H,2-3,39-40H2,1H3;2*1H. The second-order valence-corrected chi connectivity index (χ2v) is 27.4. The van der Waals surface area contributed by atoms with Crippen LogP contribution in [0, 0.1) is 0 Å². The van der Waals surface area contributed by atoms with Crippen LogP contribution in [0.15, 0.2) is 212 Å². The monoisotopic (exact) mass is 788 g/mol. The Morgan fingerprint density at radius 2 is 0.569 bits per heavy atom. The van der Waals surface area contributed by atoms with Gasteiger partial charge in [-0.2, -0.15) is 0 Å². The molecule has 0 saturated carbocycles. The van der Waals surface area contributed by atoms with Crippen molar-refractivity contribution in [1.29, 1.82) is 0 Å². The Balaban J connectivity index is 0.00000252. The van der Waals surface area contributed by atoms with Crippen LogP contribution < -0.4 is 31.8 Å². The van der Waals surface area contributed by atoms with Crippen molar-refractivity contribution in [2.45, 2.75) is 25.9 Å². The number of halogens is 2. The van der Waals surface area contributed by atoms with Gasteiger partial charge in [-0.25, -0.2) is 0 Å². The van der Waals surface area contributed by atoms with E-state index in [0.717, 1.165) is 25.2 Å². The van der Waals surface area contributed by atoms with E-state index in [1.165, 1.54) is 37.4 Å². The third-order valence-electron chi connectivity index (χ3n) is 11.1. The summed E-state index contributed by atoms with van der Waals surface area (Å²) >= 11 is 0. The van der Waals surface area contributed by atoms with Crippen LogP contribution in [-0.4, -0.2) is 6.16 Å². The molecule has 0 aliphatic carbocycles. The average molecular weight is 790 g/mol. The van der Waals surface area contributed by atoms with E-state index in [9.17, 15) is 0 Å². The molecule has 0 N–H and O–H groups in total. The van der Waals surface area contributed by atoms with Crippen LogP contribution in [0.5, 0.6) is 0 Å². The Labute approximate surface area is 321 Å². The molecule has 0 radical (unpaired) electrons. The number of rotatable bonds is 12. The molecule has 0 spiro atoms. The summed E-state index contributed by atoms with van der Waals surface area (Å²) in [6, 6.07) is 82.0. The summed E-state index contributed by atoms with van der Waals surface area (Å²) in [5.41, 5.74) is 1.37. The van der Waals surface area contributed by atoms with Crippen molar-refractivity contribution < 1.29 is 0 Å². The molecular formula is C47H48BrClP2. The maximum Gasteiger partial charge on any atom is -0.147 e. The van der Waals surface area contributed by atoms with Gasteiger partial charge in [0, 0.05) is 0 Å². The van der Waals surface area contributed by atoms with Crippen molar-refractivity contribution in [2.24, 2.45) is 0 Å². The fraction of sp³-hybridized carbons (Fsp3) is 0.106. The summed E-state index contributed by atoms with van der Waals surface area (Å²) < 4.78 is 0. The quantitative estimate of drug-likeness (QED) is 0.108. The fourth-order valence-electron chi connectivity index (χ4n) is 9.36. The SMILES string of the molecule is Br.CCCCP(c1ccccc1)(c1ccccc1)(c1ccccc1)P(Cc1ccccc1)(c1ccccc1)(c1ccccc1)c1ccccc1.Cl. The minimum Gasteiger partial charge on any atom is -0.147 e. The van der Waals surface area contributed by atoms with Crippen molar-refractivity contribution in [3.8, 4) is 0 Å². The molecule has 0 unspecified atom stereocenters. The van der Waals surface area contributed by atoms with Gasteiger partial charge in [-0.05, 0) is 0 Å². The van der Waals surface area contributed by atoms with E-state index in [0.29, 0.717) is 0 Å². The van der Waals surface area contributed by atoms with Crippen LogP contribution in [-0.2, 0) is 6.16 Å². The summed E-state index contributed by atoms with van der Waals surface area (Å²) in [5, 5.41) is 8.72. The van der Waals surface area contributed by atoms with Gasteiger partial charge in [-0.15, -0.1) is 29.4 Å². The number of unbranched alkanes of at least 4 members (excludes halogenated alkanes) is 1. The Kier molecular flexibility index (Phi) is 12.2. The van der Waals surface area contributed by atoms with Gasteiger partial charge in [0.15, 0.2) is 0 Å². The van der Waals surface area contributed by atoms with Crippen LogP contribution in [0.1, 0.15) is 25.3 Å². The first-order valence-corrected chi connectivity index (χ1v) is 23.2. The Bertz CT molecular complexity index is 1880. The first kappa shape index (κ1) is 38.4. The summed E-state index contributed by atoms with van der Waals surface area (Å²) in [6.07, 6.45) is -3.49. The zero-order valence-corrected chi connectivity index (χ0v) is 33.6. The van der Waals surface area contributed by atoms with Gasteiger partial charge < -0.3 is 0 Å². The van der Waals surface area contributed by atoms with Gasteiger partial charge in [0.1, 0.15) is 0 Å². The zero-order valence-electron chi connectivity index (χ0n) is 29.2. The number of hydrogen-bond acceptors (Lipinski definition) is 0. The number of hydrogen-bond donors (Lipinski definition) is 0. The second-order valence-electron chi connectivity index (χ2n) is 13.2. The summed E-state index contributed by atoms with van der Waals surface area (Å²) in [4.78, 5) is 0. The maximum atomic E-state index is 2.49. The molecule has 7 aromatic carbocycles. The van der Waals surface area contributed by atoms with Crippen molar-refractivity contribution in [3.05, 3.63) is 218 Å². The molecule has 0 aliphatic heterocycles. The molecule has 0 atom stereocenters. The van der Waals surface area contributed by atoms with E-state index >= 15 is 0 Å². The molecule has 0 heterocycles. The predicted molar refractivity (Wildman–Crippen MR) is 238 cm³/mol. The Hall–Kier alpha value is -3.83. The smallest absolute Gasteiger partial charge is 0.147 e. The van der Waals surface area contributed by atoms with Gasteiger partial charge in [-0.1, -0.05) is 0 Å². The van der Waals surface area contributed by atoms with Crippen molar-refractivity contribution >= 4 is 73.8 Å². The molecule has 51 heavy (non-hydrogen) atoms. The van der Waals surface area contributed by atoms with Gasteiger partial charge in [0.2, 0.25) is 0 Å².